The molecule has 0 saturated carbocycles. The summed E-state index contributed by atoms with van der Waals surface area (Å²) in [5.41, 5.74) is 0. The smallest absolute Gasteiger partial charge is 0.286 e. The summed E-state index contributed by atoms with van der Waals surface area (Å²) in [6.07, 6.45) is -48.4. The van der Waals surface area contributed by atoms with Crippen molar-refractivity contribution in [3.05, 3.63) is 0 Å². The second-order valence-electron chi connectivity index (χ2n) is 5.90. The van der Waals surface area contributed by atoms with Crippen LogP contribution in [0.15, 0.2) is 0 Å². The first-order valence-electron chi connectivity index (χ1n) is 7.18. The Morgan fingerprint density at radius 3 is 0.694 bits per heavy atom. The van der Waals surface area contributed by atoms with Crippen molar-refractivity contribution in [1.29, 1.82) is 0 Å². The highest BCUT2D eigenvalue weighted by molar-refractivity contribution is 5.94. The minimum absolute atomic E-state index is 1.13. The van der Waals surface area contributed by atoms with Gasteiger partial charge in [-0.2, -0.15) is 96.6 Å². The third kappa shape index (κ3) is 5.34. The molecule has 25 heteroatoms. The standard InChI is InChI=1S/C11F22O3/c12-2(6(18,19)20,35-10(30,31)4(14,15)8(24,25)26)1(34)3(13,7(21,22)23)36-11(32,33)5(16,17)9(27,28)29/t2-,3+. The Bertz CT molecular complexity index is 749. The van der Waals surface area contributed by atoms with E-state index in [-0.39, 0.29) is 0 Å². The van der Waals surface area contributed by atoms with Gasteiger partial charge in [0.25, 0.3) is 5.78 Å². The van der Waals surface area contributed by atoms with Crippen LogP contribution in [0.3, 0.4) is 0 Å². The van der Waals surface area contributed by atoms with Crippen LogP contribution < -0.4 is 0 Å². The number of Topliss-reactive ketones (excluding diaryl/α,β-unsaturated/α-hetero) is 1. The molecule has 0 aliphatic rings. The van der Waals surface area contributed by atoms with Crippen molar-refractivity contribution >= 4 is 5.78 Å². The second-order valence-corrected chi connectivity index (χ2v) is 5.90. The molecule has 0 N–H and O–H groups in total. The molecule has 0 fully saturated rings. The van der Waals surface area contributed by atoms with Crippen LogP contribution in [0, 0.1) is 0 Å². The molecule has 0 aromatic carbocycles. The van der Waals surface area contributed by atoms with Crippen LogP contribution in [0.1, 0.15) is 0 Å². The predicted molar refractivity (Wildman–Crippen MR) is 58.9 cm³/mol. The molecule has 0 saturated heterocycles. The summed E-state index contributed by atoms with van der Waals surface area (Å²) >= 11 is 0. The maximum atomic E-state index is 13.9. The third-order valence-corrected chi connectivity index (χ3v) is 3.29. The molecule has 0 aliphatic heterocycles. The lowest BCUT2D eigenvalue weighted by atomic mass is 10.0. The lowest BCUT2D eigenvalue weighted by Crippen LogP contribution is -2.69. The van der Waals surface area contributed by atoms with Gasteiger partial charge in [0.05, 0.1) is 0 Å². The van der Waals surface area contributed by atoms with Crippen LogP contribution in [-0.2, 0) is 14.3 Å². The Hall–Kier alpha value is -1.95. The molecule has 0 unspecified atom stereocenters. The summed E-state index contributed by atoms with van der Waals surface area (Å²) in [6, 6.07) is 0. The molecule has 216 valence electrons. The fraction of sp³-hybridized carbons (Fsp3) is 0.909. The largest absolute Gasteiger partial charge is 0.462 e. The van der Waals surface area contributed by atoms with Crippen molar-refractivity contribution in [2.75, 3.05) is 0 Å². The SMILES string of the molecule is O=C([C@](F)(OC(F)(F)C(F)(F)C(F)(F)F)C(F)(F)F)[C@@](F)(OC(F)(F)C(F)(F)C(F)(F)F)C(F)(F)F. The number of halogens is 22. The Balaban J connectivity index is 7.12. The van der Waals surface area contributed by atoms with Crippen LogP contribution in [0.5, 0.6) is 0 Å². The molecule has 0 spiro atoms. The van der Waals surface area contributed by atoms with E-state index >= 15 is 0 Å². The van der Waals surface area contributed by atoms with Gasteiger partial charge < -0.3 is 0 Å². The summed E-state index contributed by atoms with van der Waals surface area (Å²) < 4.78 is 280. The van der Waals surface area contributed by atoms with Gasteiger partial charge in [0.2, 0.25) is 0 Å². The van der Waals surface area contributed by atoms with Crippen molar-refractivity contribution in [3.8, 4) is 0 Å². The molecule has 0 rings (SSSR count). The van der Waals surface area contributed by atoms with E-state index in [9.17, 15) is 101 Å². The lowest BCUT2D eigenvalue weighted by Gasteiger charge is -2.39. The molecular weight excluding hydrogens is 598 g/mol. The van der Waals surface area contributed by atoms with Gasteiger partial charge in [-0.1, -0.05) is 0 Å². The number of hydrogen-bond donors (Lipinski definition) is 0. The summed E-state index contributed by atoms with van der Waals surface area (Å²) in [6.45, 7) is 0. The molecule has 0 amide bonds. The molecule has 2 atom stereocenters. The molecule has 36 heavy (non-hydrogen) atoms. The van der Waals surface area contributed by atoms with Gasteiger partial charge in [0.1, 0.15) is 0 Å². The van der Waals surface area contributed by atoms with Crippen molar-refractivity contribution < 1.29 is 111 Å². The number of hydrogen-bond acceptors (Lipinski definition) is 3. The summed E-state index contributed by atoms with van der Waals surface area (Å²) in [7, 11) is 0. The number of ether oxygens (including phenoxy) is 2. The van der Waals surface area contributed by atoms with Crippen LogP contribution in [0.2, 0.25) is 0 Å². The van der Waals surface area contributed by atoms with Crippen LogP contribution in [0.4, 0.5) is 96.6 Å². The van der Waals surface area contributed by atoms with E-state index in [4.69, 9.17) is 0 Å². The summed E-state index contributed by atoms with van der Waals surface area (Å²) in [5.74, 6) is -38.7. The first-order chi connectivity index (χ1) is 15.1. The molecule has 0 bridgehead atoms. The highest BCUT2D eigenvalue weighted by Gasteiger charge is 2.86. The number of alkyl halides is 22. The minimum atomic E-state index is -8.28. The number of carbonyl (C=O) groups excluding carboxylic acids is 1. The van der Waals surface area contributed by atoms with Gasteiger partial charge in [-0.05, 0) is 0 Å². The summed E-state index contributed by atoms with van der Waals surface area (Å²) in [4.78, 5) is 11.1. The first-order valence-corrected chi connectivity index (χ1v) is 7.18. The highest BCUT2D eigenvalue weighted by Crippen LogP contribution is 2.56. The zero-order chi connectivity index (χ0) is 30.0. The first kappa shape index (κ1) is 34.0. The quantitative estimate of drug-likeness (QED) is 0.295. The fourth-order valence-corrected chi connectivity index (χ4v) is 1.48. The maximum absolute atomic E-state index is 13.9. The van der Waals surface area contributed by atoms with E-state index in [1.165, 1.54) is 0 Å². The van der Waals surface area contributed by atoms with Gasteiger partial charge in [-0.25, -0.2) is 0 Å². The second kappa shape index (κ2) is 8.54. The summed E-state index contributed by atoms with van der Waals surface area (Å²) in [5, 5.41) is 0. The average molecular weight is 598 g/mol. The van der Waals surface area contributed by atoms with Gasteiger partial charge in [0, 0.05) is 0 Å². The van der Waals surface area contributed by atoms with E-state index in [0.717, 1.165) is 9.47 Å². The van der Waals surface area contributed by atoms with Crippen molar-refractivity contribution in [3.63, 3.8) is 0 Å². The molecule has 3 nitrogen and oxygen atoms in total. The monoisotopic (exact) mass is 598 g/mol. The molecule has 0 aliphatic carbocycles. The van der Waals surface area contributed by atoms with Crippen LogP contribution in [-0.4, -0.2) is 66.3 Å². The molecule has 0 heterocycles. The highest BCUT2D eigenvalue weighted by atomic mass is 19.4. The maximum Gasteiger partial charge on any atom is 0.462 e. The lowest BCUT2D eigenvalue weighted by molar-refractivity contribution is -0.489. The van der Waals surface area contributed by atoms with E-state index < -0.39 is 66.3 Å². The van der Waals surface area contributed by atoms with Crippen LogP contribution >= 0.6 is 0 Å². The number of ketones is 1. The van der Waals surface area contributed by atoms with Crippen LogP contribution in [0.25, 0.3) is 0 Å². The van der Waals surface area contributed by atoms with Gasteiger partial charge in [-0.3, -0.25) is 14.3 Å². The van der Waals surface area contributed by atoms with E-state index in [1.54, 1.807) is 0 Å². The Kier molecular flexibility index (Phi) is 8.08. The fourth-order valence-electron chi connectivity index (χ4n) is 1.48. The van der Waals surface area contributed by atoms with Gasteiger partial charge >= 0.3 is 60.5 Å². The molecule has 0 aromatic heterocycles. The van der Waals surface area contributed by atoms with Gasteiger partial charge in [-0.15, -0.1) is 0 Å². The van der Waals surface area contributed by atoms with Gasteiger partial charge in [0.15, 0.2) is 0 Å². The Labute approximate surface area is 178 Å². The van der Waals surface area contributed by atoms with Crippen molar-refractivity contribution in [2.45, 2.75) is 60.5 Å². The zero-order valence-corrected chi connectivity index (χ0v) is 15.0. The molecular formula is C11F22O3. The Morgan fingerprint density at radius 1 is 0.361 bits per heavy atom. The van der Waals surface area contributed by atoms with E-state index in [2.05, 4.69) is 0 Å². The number of carbonyl (C=O) groups is 1. The topological polar surface area (TPSA) is 35.5 Å². The normalized spacial score (nSPS) is 19.1. The third-order valence-electron chi connectivity index (χ3n) is 3.29. The average Bonchev–Trinajstić information content (AvgIpc) is 2.55. The van der Waals surface area contributed by atoms with Crippen molar-refractivity contribution in [1.82, 2.24) is 0 Å². The molecule has 0 radical (unpaired) electrons. The van der Waals surface area contributed by atoms with E-state index in [1.807, 2.05) is 0 Å². The molecule has 0 aromatic rings. The van der Waals surface area contributed by atoms with E-state index in [0.29, 0.717) is 0 Å². The van der Waals surface area contributed by atoms with Crippen molar-refractivity contribution in [2.24, 2.45) is 0 Å². The zero-order valence-electron chi connectivity index (χ0n) is 15.0. The minimum Gasteiger partial charge on any atom is -0.286 e. The number of rotatable bonds is 8. The Morgan fingerprint density at radius 2 is 0.556 bits per heavy atom. The predicted octanol–water partition coefficient (Wildman–Crippen LogP) is 6.63.